The van der Waals surface area contributed by atoms with Crippen molar-refractivity contribution in [2.24, 2.45) is 11.3 Å². The predicted molar refractivity (Wildman–Crippen MR) is 96.0 cm³/mol. The first-order chi connectivity index (χ1) is 11.1. The van der Waals surface area contributed by atoms with Crippen molar-refractivity contribution < 1.29 is 23.9 Å². The number of esters is 1. The summed E-state index contributed by atoms with van der Waals surface area (Å²) < 4.78 is 10.1. The van der Waals surface area contributed by atoms with Crippen LogP contribution in [0.15, 0.2) is 0 Å². The molecule has 0 saturated carbocycles. The summed E-state index contributed by atoms with van der Waals surface area (Å²) in [7, 11) is 2.83. The maximum atomic E-state index is 13.0. The minimum atomic E-state index is -0.849. The number of nitrogens with zero attached hydrogens (tertiary/aromatic N) is 1. The molecular weight excluding hydrogens is 324 g/mol. The van der Waals surface area contributed by atoms with Crippen LogP contribution in [0, 0.1) is 11.3 Å². The van der Waals surface area contributed by atoms with Crippen molar-refractivity contribution in [3.8, 4) is 0 Å². The number of carbonyl (C=O) groups excluding carboxylic acids is 3. The van der Waals surface area contributed by atoms with E-state index in [1.807, 2.05) is 34.6 Å². The van der Waals surface area contributed by atoms with Crippen LogP contribution in [-0.4, -0.2) is 54.7 Å². The number of rotatable bonds is 5. The van der Waals surface area contributed by atoms with Gasteiger partial charge in [-0.15, -0.1) is 0 Å². The maximum absolute atomic E-state index is 13.0. The molecule has 0 bridgehead atoms. The van der Waals surface area contributed by atoms with Crippen LogP contribution in [0.3, 0.4) is 0 Å². The van der Waals surface area contributed by atoms with E-state index < -0.39 is 35.2 Å². The molecule has 25 heavy (non-hydrogen) atoms. The van der Waals surface area contributed by atoms with E-state index in [0.717, 1.165) is 0 Å². The first kappa shape index (κ1) is 23.2. The smallest absolute Gasteiger partial charge is 0.408 e. The zero-order valence-electron chi connectivity index (χ0n) is 17.2. The number of carbonyl (C=O) groups is 3. The van der Waals surface area contributed by atoms with Gasteiger partial charge in [0.2, 0.25) is 5.91 Å². The zero-order chi connectivity index (χ0) is 20.2. The molecule has 146 valence electrons. The Morgan fingerprint density at radius 1 is 1.00 bits per heavy atom. The summed E-state index contributed by atoms with van der Waals surface area (Å²) in [4.78, 5) is 38.5. The van der Waals surface area contributed by atoms with E-state index in [1.165, 1.54) is 12.0 Å². The van der Waals surface area contributed by atoms with Crippen LogP contribution in [0.25, 0.3) is 0 Å². The molecule has 7 nitrogen and oxygen atoms in total. The van der Waals surface area contributed by atoms with Gasteiger partial charge in [-0.25, -0.2) is 9.59 Å². The van der Waals surface area contributed by atoms with E-state index in [9.17, 15) is 14.4 Å². The normalized spacial score (nSPS) is 14.5. The molecule has 0 rings (SSSR count). The Bertz CT molecular complexity index is 489. The molecule has 0 aromatic rings. The first-order valence-electron chi connectivity index (χ1n) is 8.45. The number of alkyl carbamates (subject to hydrolysis) is 1. The molecule has 1 N–H and O–H groups in total. The van der Waals surface area contributed by atoms with Crippen molar-refractivity contribution in [3.63, 3.8) is 0 Å². The van der Waals surface area contributed by atoms with Crippen LogP contribution in [0.5, 0.6) is 0 Å². The monoisotopic (exact) mass is 358 g/mol. The summed E-state index contributed by atoms with van der Waals surface area (Å²) in [5, 5.41) is 2.64. The fourth-order valence-corrected chi connectivity index (χ4v) is 2.41. The van der Waals surface area contributed by atoms with Gasteiger partial charge >= 0.3 is 12.1 Å². The highest BCUT2D eigenvalue weighted by Gasteiger charge is 2.40. The SMILES string of the molecule is COC(=O)[C@H](C(C)C)N(C)C(=O)C(NC(=O)OC(C)(C)C)C(C)(C)C. The molecule has 0 aliphatic rings. The van der Waals surface area contributed by atoms with Gasteiger partial charge in [0.1, 0.15) is 17.7 Å². The van der Waals surface area contributed by atoms with Gasteiger partial charge in [0.25, 0.3) is 0 Å². The van der Waals surface area contributed by atoms with Crippen molar-refractivity contribution >= 4 is 18.0 Å². The van der Waals surface area contributed by atoms with Crippen molar-refractivity contribution in [3.05, 3.63) is 0 Å². The van der Waals surface area contributed by atoms with Gasteiger partial charge in [-0.05, 0) is 32.1 Å². The molecule has 2 amide bonds. The molecule has 0 saturated heterocycles. The topological polar surface area (TPSA) is 84.9 Å². The number of nitrogens with one attached hydrogen (secondary N) is 1. The number of hydrogen-bond acceptors (Lipinski definition) is 5. The molecule has 7 heteroatoms. The number of hydrogen-bond donors (Lipinski definition) is 1. The summed E-state index contributed by atoms with van der Waals surface area (Å²) in [5.41, 5.74) is -1.24. The highest BCUT2D eigenvalue weighted by molar-refractivity contribution is 5.90. The van der Waals surface area contributed by atoms with Crippen molar-refractivity contribution in [1.82, 2.24) is 10.2 Å². The van der Waals surface area contributed by atoms with E-state index in [1.54, 1.807) is 27.8 Å². The van der Waals surface area contributed by atoms with E-state index >= 15 is 0 Å². The number of amides is 2. The van der Waals surface area contributed by atoms with Crippen LogP contribution in [0.4, 0.5) is 4.79 Å². The van der Waals surface area contributed by atoms with Gasteiger partial charge in [0.05, 0.1) is 7.11 Å². The summed E-state index contributed by atoms with van der Waals surface area (Å²) in [6, 6.07) is -1.58. The Morgan fingerprint density at radius 3 is 1.80 bits per heavy atom. The van der Waals surface area contributed by atoms with Gasteiger partial charge < -0.3 is 19.7 Å². The molecular formula is C18H34N2O5. The lowest BCUT2D eigenvalue weighted by Gasteiger charge is -2.37. The molecule has 0 aromatic carbocycles. The van der Waals surface area contributed by atoms with Crippen molar-refractivity contribution in [2.75, 3.05) is 14.2 Å². The van der Waals surface area contributed by atoms with Crippen LogP contribution < -0.4 is 5.32 Å². The Kier molecular flexibility index (Phi) is 7.93. The van der Waals surface area contributed by atoms with Gasteiger partial charge in [-0.1, -0.05) is 34.6 Å². The van der Waals surface area contributed by atoms with Crippen molar-refractivity contribution in [2.45, 2.75) is 73.1 Å². The third-order valence-electron chi connectivity index (χ3n) is 3.61. The second-order valence-corrected chi connectivity index (χ2v) is 8.61. The van der Waals surface area contributed by atoms with Crippen LogP contribution in [0.2, 0.25) is 0 Å². The summed E-state index contributed by atoms with van der Waals surface area (Å²) in [6.07, 6.45) is -0.673. The van der Waals surface area contributed by atoms with Crippen LogP contribution in [-0.2, 0) is 19.1 Å². The van der Waals surface area contributed by atoms with Crippen molar-refractivity contribution in [1.29, 1.82) is 0 Å². The minimum absolute atomic E-state index is 0.136. The highest BCUT2D eigenvalue weighted by Crippen LogP contribution is 2.23. The average Bonchev–Trinajstić information content (AvgIpc) is 2.40. The number of methoxy groups -OCH3 is 1. The van der Waals surface area contributed by atoms with E-state index in [4.69, 9.17) is 9.47 Å². The zero-order valence-corrected chi connectivity index (χ0v) is 17.2. The van der Waals surface area contributed by atoms with E-state index in [2.05, 4.69) is 5.32 Å². The largest absolute Gasteiger partial charge is 0.467 e. The Labute approximate surface area is 151 Å². The quantitative estimate of drug-likeness (QED) is 0.764. The fourth-order valence-electron chi connectivity index (χ4n) is 2.41. The van der Waals surface area contributed by atoms with Gasteiger partial charge in [-0.2, -0.15) is 0 Å². The highest BCUT2D eigenvalue weighted by atomic mass is 16.6. The number of likely N-dealkylation sites (N-methyl/N-ethyl adjacent to an activating group) is 1. The summed E-state index contributed by atoms with van der Waals surface area (Å²) in [5.74, 6) is -0.998. The van der Waals surface area contributed by atoms with Crippen LogP contribution in [0.1, 0.15) is 55.4 Å². The minimum Gasteiger partial charge on any atom is -0.467 e. The fraction of sp³-hybridized carbons (Fsp3) is 0.833. The molecule has 0 fully saturated rings. The average molecular weight is 358 g/mol. The van der Waals surface area contributed by atoms with E-state index in [-0.39, 0.29) is 11.8 Å². The van der Waals surface area contributed by atoms with Gasteiger partial charge in [0.15, 0.2) is 0 Å². The predicted octanol–water partition coefficient (Wildman–Crippen LogP) is 2.58. The molecule has 0 spiro atoms. The van der Waals surface area contributed by atoms with Gasteiger partial charge in [0, 0.05) is 7.05 Å². The lowest BCUT2D eigenvalue weighted by atomic mass is 9.85. The Hall–Kier alpha value is -1.79. The maximum Gasteiger partial charge on any atom is 0.408 e. The third kappa shape index (κ3) is 7.32. The molecule has 0 aliphatic heterocycles. The van der Waals surface area contributed by atoms with Gasteiger partial charge in [-0.3, -0.25) is 4.79 Å². The lowest BCUT2D eigenvalue weighted by Crippen LogP contribution is -2.58. The lowest BCUT2D eigenvalue weighted by molar-refractivity contribution is -0.155. The van der Waals surface area contributed by atoms with Crippen LogP contribution >= 0.6 is 0 Å². The standard InChI is InChI=1S/C18H34N2O5/c1-11(2)12(15(22)24-10)20(9)14(21)13(17(3,4)5)19-16(23)25-18(6,7)8/h11-13H,1-10H3,(H,19,23)/t12-,13?/m0/s1. The third-order valence-corrected chi connectivity index (χ3v) is 3.61. The molecule has 0 heterocycles. The van der Waals surface area contributed by atoms with E-state index in [0.29, 0.717) is 0 Å². The Balaban J connectivity index is 5.50. The summed E-state index contributed by atoms with van der Waals surface area (Å²) in [6.45, 7) is 14.4. The molecule has 0 aliphatic carbocycles. The molecule has 1 unspecified atom stereocenters. The Morgan fingerprint density at radius 2 is 1.48 bits per heavy atom. The molecule has 2 atom stereocenters. The number of ether oxygens (including phenoxy) is 2. The molecule has 0 radical (unpaired) electrons. The first-order valence-corrected chi connectivity index (χ1v) is 8.45. The second-order valence-electron chi connectivity index (χ2n) is 8.61. The second kappa shape index (κ2) is 8.54. The summed E-state index contributed by atoms with van der Waals surface area (Å²) >= 11 is 0. The molecule has 0 aromatic heterocycles.